The maximum absolute atomic E-state index is 12.9. The first-order valence-electron chi connectivity index (χ1n) is 28.2. The fraction of sp³-hybridized carbons (Fsp3) is 0.945. The number of allylic oxidation sites excluding steroid dienone is 2. The normalized spacial score (nSPS) is 51.1. The Bertz CT molecular complexity index is 2060. The summed E-state index contributed by atoms with van der Waals surface area (Å²) < 4.78 is 54.1. The topological polar surface area (TPSA) is 363 Å². The third kappa shape index (κ3) is 11.3. The highest BCUT2D eigenvalue weighted by atomic mass is 16.8. The highest BCUT2D eigenvalue weighted by Crippen LogP contribution is 2.76. The molecule has 8 rings (SSSR count). The quantitative estimate of drug-likeness (QED) is 0.0501. The van der Waals surface area contributed by atoms with Gasteiger partial charge in [0.25, 0.3) is 0 Å². The van der Waals surface area contributed by atoms with Crippen LogP contribution in [0.2, 0.25) is 0 Å². The van der Waals surface area contributed by atoms with Gasteiger partial charge in [-0.1, -0.05) is 46.3 Å². The van der Waals surface area contributed by atoms with Gasteiger partial charge in [-0.3, -0.25) is 4.79 Å². The Kier molecular flexibility index (Phi) is 19.0. The Morgan fingerprint density at radius 3 is 1.85 bits per heavy atom. The van der Waals surface area contributed by atoms with E-state index in [-0.39, 0.29) is 41.1 Å². The van der Waals surface area contributed by atoms with E-state index in [4.69, 9.17) is 42.6 Å². The van der Waals surface area contributed by atoms with E-state index in [1.54, 1.807) is 0 Å². The molecule has 13 N–H and O–H groups in total. The summed E-state index contributed by atoms with van der Waals surface area (Å²) in [6.45, 7) is 16.5. The molecule has 0 spiro atoms. The average molecular weight is 1120 g/mol. The van der Waals surface area contributed by atoms with Gasteiger partial charge in [0.05, 0.1) is 37.6 Å². The van der Waals surface area contributed by atoms with Crippen LogP contribution < -0.4 is 0 Å². The van der Waals surface area contributed by atoms with Crippen LogP contribution in [-0.4, -0.2) is 233 Å². The fourth-order valence-corrected chi connectivity index (χ4v) is 16.2. The monoisotopic (exact) mass is 1120 g/mol. The second-order valence-corrected chi connectivity index (χ2v) is 25.9. The number of rotatable bonds is 16. The highest BCUT2D eigenvalue weighted by Gasteiger charge is 2.72. The van der Waals surface area contributed by atoms with E-state index in [1.165, 1.54) is 0 Å². The van der Waals surface area contributed by atoms with Crippen LogP contribution in [-0.2, 0) is 47.4 Å². The number of aliphatic hydroxyl groups excluding tert-OH is 13. The van der Waals surface area contributed by atoms with Crippen LogP contribution in [0.1, 0.15) is 120 Å². The van der Waals surface area contributed by atoms with E-state index in [9.17, 15) is 71.2 Å². The van der Waals surface area contributed by atoms with Crippen molar-refractivity contribution < 1.29 is 114 Å². The third-order valence-electron chi connectivity index (χ3n) is 20.8. The molecule has 0 aromatic heterocycles. The molecule has 4 aliphatic carbocycles. The highest BCUT2D eigenvalue weighted by molar-refractivity contribution is 5.65. The van der Waals surface area contributed by atoms with Gasteiger partial charge in [-0.05, 0) is 124 Å². The Hall–Kier alpha value is -1.63. The van der Waals surface area contributed by atoms with Gasteiger partial charge in [-0.2, -0.15) is 0 Å². The molecule has 8 aliphatic rings. The van der Waals surface area contributed by atoms with Crippen molar-refractivity contribution >= 4 is 5.97 Å². The van der Waals surface area contributed by atoms with Crippen molar-refractivity contribution in [2.45, 2.75) is 255 Å². The Morgan fingerprint density at radius 2 is 1.21 bits per heavy atom. The minimum absolute atomic E-state index is 0.0339. The van der Waals surface area contributed by atoms with Crippen molar-refractivity contribution in [3.8, 4) is 0 Å². The molecule has 0 radical (unpaired) electrons. The lowest BCUT2D eigenvalue weighted by Gasteiger charge is -2.71. The van der Waals surface area contributed by atoms with Crippen molar-refractivity contribution in [2.75, 3.05) is 26.4 Å². The summed E-state index contributed by atoms with van der Waals surface area (Å²) in [5, 5.41) is 142. The number of esters is 1. The van der Waals surface area contributed by atoms with Crippen molar-refractivity contribution in [1.29, 1.82) is 0 Å². The summed E-state index contributed by atoms with van der Waals surface area (Å²) in [5.41, 5.74) is -1.55. The molecule has 0 aromatic carbocycles. The van der Waals surface area contributed by atoms with Gasteiger partial charge in [-0.25, -0.2) is 0 Å². The molecule has 29 atom stereocenters. The van der Waals surface area contributed by atoms with Gasteiger partial charge >= 0.3 is 5.97 Å². The zero-order chi connectivity index (χ0) is 57.4. The van der Waals surface area contributed by atoms with E-state index in [2.05, 4.69) is 40.7 Å². The summed E-state index contributed by atoms with van der Waals surface area (Å²) >= 11 is 0. The van der Waals surface area contributed by atoms with Gasteiger partial charge in [0, 0.05) is 6.92 Å². The number of aliphatic hydroxyl groups is 13. The van der Waals surface area contributed by atoms with Crippen LogP contribution in [0.3, 0.4) is 0 Å². The molecule has 23 nitrogen and oxygen atoms in total. The van der Waals surface area contributed by atoms with Crippen molar-refractivity contribution in [3.05, 3.63) is 11.6 Å². The van der Waals surface area contributed by atoms with E-state index < -0.39 is 171 Å². The Labute approximate surface area is 456 Å². The first-order valence-corrected chi connectivity index (χ1v) is 28.2. The van der Waals surface area contributed by atoms with Crippen LogP contribution in [0.4, 0.5) is 0 Å². The molecule has 4 aliphatic heterocycles. The molecular weight excluding hydrogens is 1030 g/mol. The third-order valence-corrected chi connectivity index (χ3v) is 20.8. The molecule has 78 heavy (non-hydrogen) atoms. The number of carbonyl (C=O) groups is 1. The summed E-state index contributed by atoms with van der Waals surface area (Å²) in [6, 6.07) is 0. The Morgan fingerprint density at radius 1 is 0.615 bits per heavy atom. The van der Waals surface area contributed by atoms with Crippen LogP contribution in [0.15, 0.2) is 11.6 Å². The molecule has 4 saturated heterocycles. The molecule has 0 aromatic rings. The molecule has 4 saturated carbocycles. The van der Waals surface area contributed by atoms with E-state index in [0.717, 1.165) is 31.8 Å². The smallest absolute Gasteiger partial charge is 0.302 e. The van der Waals surface area contributed by atoms with Crippen molar-refractivity contribution in [3.63, 3.8) is 0 Å². The van der Waals surface area contributed by atoms with Crippen molar-refractivity contribution in [2.24, 2.45) is 45.3 Å². The first-order chi connectivity index (χ1) is 36.4. The average Bonchev–Trinajstić information content (AvgIpc) is 3.00. The predicted octanol–water partition coefficient (Wildman–Crippen LogP) is -0.993. The van der Waals surface area contributed by atoms with Crippen LogP contribution in [0.25, 0.3) is 0 Å². The Balaban J connectivity index is 1.01. The predicted molar refractivity (Wildman–Crippen MR) is 270 cm³/mol. The maximum atomic E-state index is 12.9. The summed E-state index contributed by atoms with van der Waals surface area (Å²) in [4.78, 5) is 11.6. The second kappa shape index (κ2) is 23.8. The number of fused-ring (bicyclic) bond motifs is 5. The molecule has 23 heteroatoms. The molecule has 8 fully saturated rings. The summed E-state index contributed by atoms with van der Waals surface area (Å²) in [7, 11) is 0. The largest absolute Gasteiger partial charge is 0.463 e. The number of hydrogen-bond acceptors (Lipinski definition) is 23. The van der Waals surface area contributed by atoms with Crippen LogP contribution in [0, 0.1) is 45.3 Å². The van der Waals surface area contributed by atoms with E-state index in [0.29, 0.717) is 38.5 Å². The maximum Gasteiger partial charge on any atom is 0.302 e. The molecule has 4 heterocycles. The number of hydrogen-bond donors (Lipinski definition) is 13. The van der Waals surface area contributed by atoms with Crippen LogP contribution in [0.5, 0.6) is 0 Å². The lowest BCUT2D eigenvalue weighted by Crippen LogP contribution is -2.68. The molecular formula is C55H92O23. The molecule has 0 amide bonds. The summed E-state index contributed by atoms with van der Waals surface area (Å²) in [6.07, 6.45) is -23.1. The lowest BCUT2D eigenvalue weighted by molar-refractivity contribution is -0.378. The number of carbonyl (C=O) groups excluding carboxylic acids is 1. The SMILES string of the molecule is CC(=O)OCC1OC(OC2C(OC3CCC4(C)C(CCC5(C)C4CC(O)C4C(C(C)(CCC=C(C)C)OC6OC(COC7OCC(O)C(O)C7O)C(O)C(O)C6O)CCC45C)C3(C)C)OC(CO)C(O)C2O)C(O)C(O)C1O. The molecule has 450 valence electrons. The van der Waals surface area contributed by atoms with E-state index in [1.807, 2.05) is 20.8 Å². The van der Waals surface area contributed by atoms with Crippen LogP contribution >= 0.6 is 0 Å². The van der Waals surface area contributed by atoms with Gasteiger partial charge in [-0.15, -0.1) is 0 Å². The zero-order valence-electron chi connectivity index (χ0n) is 46.6. The van der Waals surface area contributed by atoms with Gasteiger partial charge < -0.3 is 109 Å². The standard InChI is InChI=1S/C55H92O23/c1-24(2)11-10-15-55(9,78-49-45(69)41(65)39(63)31(75-49)23-72-47-43(67)36(60)28(59)21-71-47)26-12-17-54(8)35(26)27(58)19-33-52(6)16-14-34(51(4,5)32(52)13-18-53(33,54)7)76-50-46(42(66)37(61)29(20-56)73-50)77-48-44(68)40(64)38(62)30(74-48)22-70-25(3)57/h11,26-50,56,58-69H,10,12-23H2,1-9H3. The number of ether oxygens (including phenoxy) is 9. The fourth-order valence-electron chi connectivity index (χ4n) is 16.2. The molecule has 0 bridgehead atoms. The lowest BCUT2D eigenvalue weighted by atomic mass is 9.35. The second-order valence-electron chi connectivity index (χ2n) is 25.9. The zero-order valence-corrected chi connectivity index (χ0v) is 46.6. The minimum atomic E-state index is -1.85. The van der Waals surface area contributed by atoms with Gasteiger partial charge in [0.2, 0.25) is 0 Å². The van der Waals surface area contributed by atoms with Gasteiger partial charge in [0.1, 0.15) is 98.2 Å². The first kappa shape index (κ1) is 62.4. The van der Waals surface area contributed by atoms with Crippen molar-refractivity contribution in [1.82, 2.24) is 0 Å². The van der Waals surface area contributed by atoms with Gasteiger partial charge in [0.15, 0.2) is 25.2 Å². The summed E-state index contributed by atoms with van der Waals surface area (Å²) in [5.74, 6) is -1.12. The van der Waals surface area contributed by atoms with E-state index >= 15 is 0 Å². The minimum Gasteiger partial charge on any atom is -0.463 e. The molecule has 29 unspecified atom stereocenters.